The van der Waals surface area contributed by atoms with Crippen molar-refractivity contribution in [3.05, 3.63) is 28.7 Å². The minimum absolute atomic E-state index is 0.819. The van der Waals surface area contributed by atoms with Gasteiger partial charge in [0.2, 0.25) is 0 Å². The highest BCUT2D eigenvalue weighted by Gasteiger charge is 2.03. The highest BCUT2D eigenvalue weighted by Crippen LogP contribution is 2.28. The summed E-state index contributed by atoms with van der Waals surface area (Å²) in [6.07, 6.45) is 2.56. The van der Waals surface area contributed by atoms with Crippen molar-refractivity contribution in [3.8, 4) is 0 Å². The number of halogens is 2. The van der Waals surface area contributed by atoms with E-state index in [9.17, 15) is 0 Å². The molecule has 0 bridgehead atoms. The molecule has 1 unspecified atom stereocenters. The van der Waals surface area contributed by atoms with Crippen molar-refractivity contribution in [2.75, 3.05) is 11.1 Å². The van der Waals surface area contributed by atoms with Gasteiger partial charge in [0.1, 0.15) is 0 Å². The molecule has 0 saturated heterocycles. The maximum atomic E-state index is 3.57. The topological polar surface area (TPSA) is 0 Å². The lowest BCUT2D eigenvalue weighted by molar-refractivity contribution is 0.555. The van der Waals surface area contributed by atoms with Gasteiger partial charge in [-0.2, -0.15) is 0 Å². The van der Waals surface area contributed by atoms with Gasteiger partial charge in [0.15, 0.2) is 0 Å². The summed E-state index contributed by atoms with van der Waals surface area (Å²) in [7, 11) is 0. The molecule has 1 aromatic carbocycles. The molecule has 0 aliphatic heterocycles. The molecule has 0 aliphatic carbocycles. The largest absolute Gasteiger partial charge is 0.125 e. The molecule has 0 saturated carbocycles. The molecule has 1 rings (SSSR count). The first-order valence-corrected chi connectivity index (χ1v) is 8.07. The normalized spacial score (nSPS) is 12.7. The summed E-state index contributed by atoms with van der Waals surface area (Å²) < 4.78 is 1.21. The van der Waals surface area contributed by atoms with Gasteiger partial charge >= 0.3 is 0 Å². The predicted octanol–water partition coefficient (Wildman–Crippen LogP) is 5.35. The molecule has 0 aromatic heterocycles. The molecule has 0 fully saturated rings. The zero-order valence-electron chi connectivity index (χ0n) is 8.88. The molecule has 0 N–H and O–H groups in total. The third kappa shape index (κ3) is 5.41. The smallest absolute Gasteiger partial charge is 0.0311 e. The first kappa shape index (κ1) is 13.6. The molecular formula is C12H16Br2S. The third-order valence-electron chi connectivity index (χ3n) is 2.31. The number of hydrogen-bond acceptors (Lipinski definition) is 1. The molecule has 0 heterocycles. The van der Waals surface area contributed by atoms with Crippen LogP contribution in [0.1, 0.15) is 19.8 Å². The van der Waals surface area contributed by atoms with Crippen molar-refractivity contribution >= 4 is 43.6 Å². The number of rotatable bonds is 6. The zero-order valence-corrected chi connectivity index (χ0v) is 12.9. The molecule has 0 spiro atoms. The van der Waals surface area contributed by atoms with E-state index in [1.807, 2.05) is 11.8 Å². The summed E-state index contributed by atoms with van der Waals surface area (Å²) in [4.78, 5) is 1.35. The van der Waals surface area contributed by atoms with Crippen molar-refractivity contribution in [3.63, 3.8) is 0 Å². The van der Waals surface area contributed by atoms with Gasteiger partial charge in [-0.05, 0) is 52.6 Å². The highest BCUT2D eigenvalue weighted by atomic mass is 79.9. The lowest BCUT2D eigenvalue weighted by Gasteiger charge is -2.09. The fourth-order valence-electron chi connectivity index (χ4n) is 1.26. The van der Waals surface area contributed by atoms with Crippen molar-refractivity contribution < 1.29 is 0 Å². The Kier molecular flexibility index (Phi) is 7.02. The van der Waals surface area contributed by atoms with Crippen LogP contribution in [0, 0.1) is 5.92 Å². The van der Waals surface area contributed by atoms with Gasteiger partial charge in [-0.3, -0.25) is 0 Å². The summed E-state index contributed by atoms with van der Waals surface area (Å²) in [6.45, 7) is 2.32. The van der Waals surface area contributed by atoms with Crippen LogP contribution in [0.5, 0.6) is 0 Å². The number of thioether (sulfide) groups is 1. The van der Waals surface area contributed by atoms with Crippen molar-refractivity contribution in [2.45, 2.75) is 24.7 Å². The Balaban J connectivity index is 2.29. The van der Waals surface area contributed by atoms with Crippen LogP contribution in [0.2, 0.25) is 0 Å². The molecule has 0 aliphatic rings. The van der Waals surface area contributed by atoms with E-state index in [2.05, 4.69) is 63.0 Å². The van der Waals surface area contributed by atoms with E-state index in [1.165, 1.54) is 28.0 Å². The summed E-state index contributed by atoms with van der Waals surface area (Å²) in [6, 6.07) is 8.42. The molecule has 15 heavy (non-hydrogen) atoms. The Morgan fingerprint density at radius 2 is 2.00 bits per heavy atom. The van der Waals surface area contributed by atoms with Crippen LogP contribution in [-0.4, -0.2) is 11.1 Å². The number of benzene rings is 1. The summed E-state index contributed by atoms with van der Waals surface area (Å²) in [5.41, 5.74) is 0. The second-order valence-corrected chi connectivity index (χ2v) is 6.43. The van der Waals surface area contributed by atoms with Crippen LogP contribution in [-0.2, 0) is 0 Å². The van der Waals surface area contributed by atoms with E-state index in [-0.39, 0.29) is 0 Å². The Morgan fingerprint density at radius 1 is 1.27 bits per heavy atom. The van der Waals surface area contributed by atoms with Gasteiger partial charge in [0.05, 0.1) is 0 Å². The average molecular weight is 352 g/mol. The standard InChI is InChI=1S/C12H16Br2S/c1-10(6-8-13)7-9-15-12-5-3-2-4-11(12)14/h2-5,10H,6-9H2,1H3. The second kappa shape index (κ2) is 7.75. The van der Waals surface area contributed by atoms with E-state index in [4.69, 9.17) is 0 Å². The van der Waals surface area contributed by atoms with E-state index in [0.29, 0.717) is 0 Å². The Bertz CT molecular complexity index is 289. The van der Waals surface area contributed by atoms with Gasteiger partial charge in [-0.1, -0.05) is 35.0 Å². The maximum absolute atomic E-state index is 3.57. The highest BCUT2D eigenvalue weighted by molar-refractivity contribution is 9.10. The fraction of sp³-hybridized carbons (Fsp3) is 0.500. The van der Waals surface area contributed by atoms with Crippen LogP contribution in [0.25, 0.3) is 0 Å². The Labute approximate surface area is 113 Å². The van der Waals surface area contributed by atoms with E-state index in [1.54, 1.807) is 0 Å². The molecular weight excluding hydrogens is 336 g/mol. The lowest BCUT2D eigenvalue weighted by atomic mass is 10.1. The second-order valence-electron chi connectivity index (χ2n) is 3.65. The first-order valence-electron chi connectivity index (χ1n) is 5.17. The minimum atomic E-state index is 0.819. The summed E-state index contributed by atoms with van der Waals surface area (Å²) >= 11 is 8.99. The fourth-order valence-corrected chi connectivity index (χ4v) is 3.79. The van der Waals surface area contributed by atoms with E-state index < -0.39 is 0 Å². The molecule has 0 radical (unpaired) electrons. The van der Waals surface area contributed by atoms with Gasteiger partial charge < -0.3 is 0 Å². The SMILES string of the molecule is CC(CCBr)CCSc1ccccc1Br. The lowest BCUT2D eigenvalue weighted by Crippen LogP contribution is -1.96. The van der Waals surface area contributed by atoms with Gasteiger partial charge in [0, 0.05) is 14.7 Å². The summed E-state index contributed by atoms with van der Waals surface area (Å²) in [5.74, 6) is 2.02. The Morgan fingerprint density at radius 3 is 2.67 bits per heavy atom. The van der Waals surface area contributed by atoms with E-state index >= 15 is 0 Å². The molecule has 1 aromatic rings. The summed E-state index contributed by atoms with van der Waals surface area (Å²) in [5, 5.41) is 1.12. The van der Waals surface area contributed by atoms with E-state index in [0.717, 1.165) is 11.2 Å². The van der Waals surface area contributed by atoms with Crippen molar-refractivity contribution in [1.29, 1.82) is 0 Å². The van der Waals surface area contributed by atoms with Gasteiger partial charge in [-0.15, -0.1) is 11.8 Å². The molecule has 1 atom stereocenters. The monoisotopic (exact) mass is 350 g/mol. The quantitative estimate of drug-likeness (QED) is 0.491. The first-order chi connectivity index (χ1) is 7.24. The molecule has 0 nitrogen and oxygen atoms in total. The number of hydrogen-bond donors (Lipinski definition) is 0. The molecule has 84 valence electrons. The minimum Gasteiger partial charge on any atom is -0.125 e. The van der Waals surface area contributed by atoms with Crippen molar-refractivity contribution in [2.24, 2.45) is 5.92 Å². The van der Waals surface area contributed by atoms with Crippen LogP contribution in [0.4, 0.5) is 0 Å². The maximum Gasteiger partial charge on any atom is 0.0311 e. The molecule has 0 amide bonds. The van der Waals surface area contributed by atoms with Crippen LogP contribution in [0.3, 0.4) is 0 Å². The molecule has 3 heteroatoms. The zero-order chi connectivity index (χ0) is 11.1. The van der Waals surface area contributed by atoms with Gasteiger partial charge in [-0.25, -0.2) is 0 Å². The Hall–Kier alpha value is 0.530. The van der Waals surface area contributed by atoms with Crippen LogP contribution < -0.4 is 0 Å². The van der Waals surface area contributed by atoms with Crippen LogP contribution >= 0.6 is 43.6 Å². The average Bonchev–Trinajstić information content (AvgIpc) is 2.21. The predicted molar refractivity (Wildman–Crippen MR) is 77.1 cm³/mol. The third-order valence-corrected chi connectivity index (χ3v) is 4.83. The van der Waals surface area contributed by atoms with Gasteiger partial charge in [0.25, 0.3) is 0 Å². The van der Waals surface area contributed by atoms with Crippen molar-refractivity contribution in [1.82, 2.24) is 0 Å². The number of alkyl halides is 1. The van der Waals surface area contributed by atoms with Crippen LogP contribution in [0.15, 0.2) is 33.6 Å².